The van der Waals surface area contributed by atoms with Gasteiger partial charge in [0.15, 0.2) is 16.9 Å². The summed E-state index contributed by atoms with van der Waals surface area (Å²) < 4.78 is 49.7. The third-order valence-electron chi connectivity index (χ3n) is 3.39. The molecule has 3 rings (SSSR count). The van der Waals surface area contributed by atoms with Crippen LogP contribution in [0.2, 0.25) is 0 Å². The topological polar surface area (TPSA) is 51.3 Å². The summed E-state index contributed by atoms with van der Waals surface area (Å²) in [6.07, 6.45) is -3.94. The van der Waals surface area contributed by atoms with Crippen molar-refractivity contribution in [1.82, 2.24) is 4.98 Å². The Kier molecular flexibility index (Phi) is 3.07. The summed E-state index contributed by atoms with van der Waals surface area (Å²) >= 11 is 0. The van der Waals surface area contributed by atoms with Crippen LogP contribution in [0.5, 0.6) is 11.5 Å². The molecule has 0 saturated carbocycles. The van der Waals surface area contributed by atoms with Gasteiger partial charge < -0.3 is 14.5 Å². The van der Waals surface area contributed by atoms with Crippen LogP contribution in [0.15, 0.2) is 16.9 Å². The minimum absolute atomic E-state index is 0.0853. The van der Waals surface area contributed by atoms with E-state index in [9.17, 15) is 18.0 Å². The Bertz CT molecular complexity index is 765. The highest BCUT2D eigenvalue weighted by atomic mass is 19.4. The van der Waals surface area contributed by atoms with Crippen molar-refractivity contribution in [3.63, 3.8) is 0 Å². The normalized spacial score (nSPS) is 15.0. The van der Waals surface area contributed by atoms with Gasteiger partial charge in [0.2, 0.25) is 0 Å². The molecule has 112 valence electrons. The van der Waals surface area contributed by atoms with Crippen LogP contribution in [-0.4, -0.2) is 18.2 Å². The van der Waals surface area contributed by atoms with Crippen molar-refractivity contribution >= 4 is 10.9 Å². The van der Waals surface area contributed by atoms with Crippen LogP contribution < -0.4 is 14.9 Å². The molecule has 1 N–H and O–H groups in total. The zero-order valence-corrected chi connectivity index (χ0v) is 11.1. The van der Waals surface area contributed by atoms with Crippen LogP contribution >= 0.6 is 0 Å². The fraction of sp³-hybridized carbons (Fsp3) is 0.357. The molecule has 0 aliphatic carbocycles. The maximum Gasteiger partial charge on any atom is 0.431 e. The molecule has 0 saturated heterocycles. The van der Waals surface area contributed by atoms with E-state index in [0.717, 1.165) is 6.92 Å². The maximum absolute atomic E-state index is 12.9. The Morgan fingerprint density at radius 3 is 2.38 bits per heavy atom. The molecule has 2 heterocycles. The summed E-state index contributed by atoms with van der Waals surface area (Å²) in [5.41, 5.74) is -1.96. The third kappa shape index (κ3) is 2.32. The number of ether oxygens (including phenoxy) is 2. The van der Waals surface area contributed by atoms with E-state index in [-0.39, 0.29) is 16.5 Å². The van der Waals surface area contributed by atoms with Crippen LogP contribution in [0.25, 0.3) is 10.9 Å². The standard InChI is InChI=1S/C14H12F3NO3/c1-7-12(19)8-5-10-11(21-4-2-3-20-10)6-9(8)18-13(7)14(15,16)17/h5-6H,2-4H2,1H3,(H,18,19). The van der Waals surface area contributed by atoms with Gasteiger partial charge in [-0.1, -0.05) is 0 Å². The lowest BCUT2D eigenvalue weighted by molar-refractivity contribution is -0.141. The van der Waals surface area contributed by atoms with Crippen molar-refractivity contribution in [2.24, 2.45) is 0 Å². The minimum Gasteiger partial charge on any atom is -0.490 e. The van der Waals surface area contributed by atoms with E-state index in [0.29, 0.717) is 31.1 Å². The quantitative estimate of drug-likeness (QED) is 0.813. The molecule has 4 nitrogen and oxygen atoms in total. The molecule has 0 amide bonds. The number of fused-ring (bicyclic) bond motifs is 2. The molecule has 0 bridgehead atoms. The first-order chi connectivity index (χ1) is 9.88. The van der Waals surface area contributed by atoms with Gasteiger partial charge in [0, 0.05) is 23.4 Å². The molecule has 0 spiro atoms. The minimum atomic E-state index is -4.61. The molecule has 1 aliphatic heterocycles. The molecular weight excluding hydrogens is 287 g/mol. The number of benzene rings is 1. The number of alkyl halides is 3. The molecule has 1 aliphatic rings. The summed E-state index contributed by atoms with van der Waals surface area (Å²) in [4.78, 5) is 14.4. The molecular formula is C14H12F3NO3. The van der Waals surface area contributed by atoms with Crippen molar-refractivity contribution in [1.29, 1.82) is 0 Å². The molecule has 0 unspecified atom stereocenters. The third-order valence-corrected chi connectivity index (χ3v) is 3.39. The fourth-order valence-electron chi connectivity index (χ4n) is 2.33. The lowest BCUT2D eigenvalue weighted by atomic mass is 10.1. The Balaban J connectivity index is 2.30. The van der Waals surface area contributed by atoms with E-state index >= 15 is 0 Å². The van der Waals surface area contributed by atoms with Crippen LogP contribution in [0.3, 0.4) is 0 Å². The van der Waals surface area contributed by atoms with Crippen molar-refractivity contribution in [3.05, 3.63) is 33.6 Å². The monoisotopic (exact) mass is 299 g/mol. The molecule has 0 fully saturated rings. The van der Waals surface area contributed by atoms with Crippen molar-refractivity contribution < 1.29 is 22.6 Å². The Hall–Kier alpha value is -2.18. The maximum atomic E-state index is 12.9. The first-order valence-electron chi connectivity index (χ1n) is 6.41. The van der Waals surface area contributed by atoms with E-state index < -0.39 is 17.3 Å². The molecule has 1 aromatic carbocycles. The van der Waals surface area contributed by atoms with Gasteiger partial charge in [-0.25, -0.2) is 0 Å². The highest BCUT2D eigenvalue weighted by Gasteiger charge is 2.35. The van der Waals surface area contributed by atoms with Crippen LogP contribution in [0, 0.1) is 6.92 Å². The average molecular weight is 299 g/mol. The number of aromatic nitrogens is 1. The fourth-order valence-corrected chi connectivity index (χ4v) is 2.33. The summed E-state index contributed by atoms with van der Waals surface area (Å²) in [6.45, 7) is 2.01. The lowest BCUT2D eigenvalue weighted by Gasteiger charge is -2.13. The number of halogens is 3. The van der Waals surface area contributed by atoms with Gasteiger partial charge in [0.05, 0.1) is 18.7 Å². The predicted octanol–water partition coefficient (Wildman–Crippen LogP) is 3.02. The smallest absolute Gasteiger partial charge is 0.431 e. The largest absolute Gasteiger partial charge is 0.490 e. The summed E-state index contributed by atoms with van der Waals surface area (Å²) in [6, 6.07) is 2.81. The molecule has 1 aromatic heterocycles. The first-order valence-corrected chi connectivity index (χ1v) is 6.41. The number of hydrogen-bond acceptors (Lipinski definition) is 3. The van der Waals surface area contributed by atoms with Gasteiger partial charge in [-0.3, -0.25) is 4.79 Å². The summed E-state index contributed by atoms with van der Waals surface area (Å²) in [5, 5.41) is 0.157. The lowest BCUT2D eigenvalue weighted by Crippen LogP contribution is -2.18. The Labute approximate surface area is 117 Å². The van der Waals surface area contributed by atoms with Gasteiger partial charge in [0.1, 0.15) is 5.69 Å². The zero-order chi connectivity index (χ0) is 15.2. The van der Waals surface area contributed by atoms with E-state index in [1.165, 1.54) is 12.1 Å². The predicted molar refractivity (Wildman–Crippen MR) is 69.9 cm³/mol. The van der Waals surface area contributed by atoms with Crippen LogP contribution in [0.4, 0.5) is 13.2 Å². The van der Waals surface area contributed by atoms with E-state index in [4.69, 9.17) is 9.47 Å². The Morgan fingerprint density at radius 1 is 1.14 bits per heavy atom. The second kappa shape index (κ2) is 4.68. The number of hydrogen-bond donors (Lipinski definition) is 1. The molecule has 21 heavy (non-hydrogen) atoms. The van der Waals surface area contributed by atoms with Gasteiger partial charge in [-0.05, 0) is 13.0 Å². The molecule has 2 aromatic rings. The van der Waals surface area contributed by atoms with E-state index in [2.05, 4.69) is 4.98 Å². The highest BCUT2D eigenvalue weighted by molar-refractivity contribution is 5.83. The molecule has 0 atom stereocenters. The SMILES string of the molecule is Cc1c(C(F)(F)F)[nH]c2cc3c(cc2c1=O)OCCCO3. The van der Waals surface area contributed by atoms with Crippen molar-refractivity contribution in [2.45, 2.75) is 19.5 Å². The number of aromatic amines is 1. The van der Waals surface area contributed by atoms with Gasteiger partial charge in [-0.2, -0.15) is 13.2 Å². The van der Waals surface area contributed by atoms with Crippen LogP contribution in [0.1, 0.15) is 17.7 Å². The number of nitrogens with one attached hydrogen (secondary N) is 1. The molecule has 7 heteroatoms. The second-order valence-corrected chi connectivity index (χ2v) is 4.85. The van der Waals surface area contributed by atoms with E-state index in [1.807, 2.05) is 0 Å². The van der Waals surface area contributed by atoms with Gasteiger partial charge in [0.25, 0.3) is 0 Å². The molecule has 0 radical (unpaired) electrons. The number of rotatable bonds is 0. The summed E-state index contributed by atoms with van der Waals surface area (Å²) in [5.74, 6) is 0.720. The number of pyridine rings is 1. The van der Waals surface area contributed by atoms with E-state index in [1.54, 1.807) is 0 Å². The first kappa shape index (κ1) is 13.8. The van der Waals surface area contributed by atoms with Crippen molar-refractivity contribution in [3.8, 4) is 11.5 Å². The zero-order valence-electron chi connectivity index (χ0n) is 11.1. The van der Waals surface area contributed by atoms with Gasteiger partial charge in [-0.15, -0.1) is 0 Å². The van der Waals surface area contributed by atoms with Gasteiger partial charge >= 0.3 is 6.18 Å². The average Bonchev–Trinajstić information content (AvgIpc) is 2.64. The summed E-state index contributed by atoms with van der Waals surface area (Å²) in [7, 11) is 0. The number of H-pyrrole nitrogens is 1. The Morgan fingerprint density at radius 2 is 1.76 bits per heavy atom. The van der Waals surface area contributed by atoms with Crippen LogP contribution in [-0.2, 0) is 6.18 Å². The second-order valence-electron chi connectivity index (χ2n) is 4.85. The van der Waals surface area contributed by atoms with Crippen molar-refractivity contribution in [2.75, 3.05) is 13.2 Å². The highest BCUT2D eigenvalue weighted by Crippen LogP contribution is 2.35.